The van der Waals surface area contributed by atoms with E-state index in [0.717, 1.165) is 0 Å². The van der Waals surface area contributed by atoms with E-state index < -0.39 is 24.6 Å². The van der Waals surface area contributed by atoms with E-state index in [2.05, 4.69) is 5.32 Å². The van der Waals surface area contributed by atoms with E-state index in [4.69, 9.17) is 5.11 Å². The molecule has 2 atom stereocenters. The fourth-order valence-electron chi connectivity index (χ4n) is 0.971. The molecule has 2 unspecified atom stereocenters. The van der Waals surface area contributed by atoms with Gasteiger partial charge >= 0.3 is 12.1 Å². The lowest BCUT2D eigenvalue weighted by molar-refractivity contribution is -0.192. The number of alkyl halides is 3. The van der Waals surface area contributed by atoms with Crippen LogP contribution < -0.4 is 5.32 Å². The van der Waals surface area contributed by atoms with Crippen LogP contribution >= 0.6 is 11.8 Å². The first-order valence-electron chi connectivity index (χ1n) is 4.31. The summed E-state index contributed by atoms with van der Waals surface area (Å²) in [6.45, 7) is 1.13. The Morgan fingerprint density at radius 1 is 1.53 bits per heavy atom. The molecule has 0 aliphatic carbocycles. The SMILES string of the molecule is CSCC(C)NCC(C(=O)O)C(F)(F)F. The quantitative estimate of drug-likeness (QED) is 0.746. The fraction of sp³-hybridized carbons (Fsp3) is 0.875. The highest BCUT2D eigenvalue weighted by Crippen LogP contribution is 2.25. The van der Waals surface area contributed by atoms with Crippen LogP contribution in [0.4, 0.5) is 13.2 Å². The highest BCUT2D eigenvalue weighted by atomic mass is 32.2. The third kappa shape index (κ3) is 5.88. The summed E-state index contributed by atoms with van der Waals surface area (Å²) in [7, 11) is 0. The van der Waals surface area contributed by atoms with E-state index in [1.165, 1.54) is 11.8 Å². The van der Waals surface area contributed by atoms with Gasteiger partial charge in [-0.25, -0.2) is 0 Å². The van der Waals surface area contributed by atoms with Crippen LogP contribution in [0.15, 0.2) is 0 Å². The number of hydrogen-bond donors (Lipinski definition) is 2. The van der Waals surface area contributed by atoms with Crippen molar-refractivity contribution in [3.05, 3.63) is 0 Å². The molecule has 0 heterocycles. The zero-order valence-electron chi connectivity index (χ0n) is 8.47. The minimum absolute atomic E-state index is 0.135. The molecule has 15 heavy (non-hydrogen) atoms. The van der Waals surface area contributed by atoms with Gasteiger partial charge in [0.2, 0.25) is 0 Å². The topological polar surface area (TPSA) is 49.3 Å². The Kier molecular flexibility index (Phi) is 6.04. The maximum absolute atomic E-state index is 12.2. The van der Waals surface area contributed by atoms with Crippen LogP contribution in [0.2, 0.25) is 0 Å². The summed E-state index contributed by atoms with van der Waals surface area (Å²) in [5.74, 6) is -3.53. The molecular weight excluding hydrogens is 231 g/mol. The number of nitrogens with one attached hydrogen (secondary N) is 1. The van der Waals surface area contributed by atoms with Gasteiger partial charge in [0.25, 0.3) is 0 Å². The molecule has 0 saturated heterocycles. The van der Waals surface area contributed by atoms with Crippen molar-refractivity contribution in [2.45, 2.75) is 19.1 Å². The van der Waals surface area contributed by atoms with Crippen LogP contribution in [0, 0.1) is 5.92 Å². The van der Waals surface area contributed by atoms with Crippen LogP contribution in [0.3, 0.4) is 0 Å². The maximum Gasteiger partial charge on any atom is 0.403 e. The average Bonchev–Trinajstić information content (AvgIpc) is 2.01. The van der Waals surface area contributed by atoms with Crippen molar-refractivity contribution in [2.24, 2.45) is 5.92 Å². The Bertz CT molecular complexity index is 211. The Labute approximate surface area is 90.4 Å². The van der Waals surface area contributed by atoms with Gasteiger partial charge in [0, 0.05) is 18.3 Å². The van der Waals surface area contributed by atoms with Crippen LogP contribution in [0.25, 0.3) is 0 Å². The van der Waals surface area contributed by atoms with Crippen molar-refractivity contribution in [3.8, 4) is 0 Å². The molecule has 0 spiro atoms. The van der Waals surface area contributed by atoms with E-state index in [-0.39, 0.29) is 6.04 Å². The van der Waals surface area contributed by atoms with Gasteiger partial charge in [-0.05, 0) is 13.2 Å². The van der Waals surface area contributed by atoms with Gasteiger partial charge in [-0.1, -0.05) is 0 Å². The van der Waals surface area contributed by atoms with E-state index in [9.17, 15) is 18.0 Å². The molecule has 0 bridgehead atoms. The van der Waals surface area contributed by atoms with Gasteiger partial charge in [0.1, 0.15) is 0 Å². The zero-order chi connectivity index (χ0) is 12.1. The Morgan fingerprint density at radius 2 is 2.07 bits per heavy atom. The summed E-state index contributed by atoms with van der Waals surface area (Å²) in [6, 6.07) is -0.135. The highest BCUT2D eigenvalue weighted by Gasteiger charge is 2.44. The fourth-order valence-corrected chi connectivity index (χ4v) is 1.59. The second-order valence-electron chi connectivity index (χ2n) is 3.20. The molecule has 0 aromatic carbocycles. The minimum atomic E-state index is -4.70. The normalized spacial score (nSPS) is 16.1. The predicted molar refractivity (Wildman–Crippen MR) is 53.0 cm³/mol. The van der Waals surface area contributed by atoms with Crippen molar-refractivity contribution < 1.29 is 23.1 Å². The second-order valence-corrected chi connectivity index (χ2v) is 4.11. The Morgan fingerprint density at radius 3 is 2.40 bits per heavy atom. The Hall–Kier alpha value is -0.430. The summed E-state index contributed by atoms with van der Waals surface area (Å²) >= 11 is 1.49. The molecule has 3 nitrogen and oxygen atoms in total. The number of carboxylic acid groups (broad SMARTS) is 1. The maximum atomic E-state index is 12.2. The summed E-state index contributed by atoms with van der Waals surface area (Å²) < 4.78 is 36.5. The lowest BCUT2D eigenvalue weighted by Crippen LogP contribution is -2.42. The van der Waals surface area contributed by atoms with Crippen LogP contribution in [-0.2, 0) is 4.79 Å². The van der Waals surface area contributed by atoms with Crippen LogP contribution in [0.5, 0.6) is 0 Å². The third-order valence-electron chi connectivity index (χ3n) is 1.78. The predicted octanol–water partition coefficient (Wildman–Crippen LogP) is 1.59. The molecule has 0 fully saturated rings. The van der Waals surface area contributed by atoms with Gasteiger partial charge in [0.15, 0.2) is 5.92 Å². The van der Waals surface area contributed by atoms with Crippen molar-refractivity contribution in [1.82, 2.24) is 5.32 Å². The van der Waals surface area contributed by atoms with Gasteiger partial charge in [-0.15, -0.1) is 0 Å². The summed E-state index contributed by atoms with van der Waals surface area (Å²) in [5, 5.41) is 10.9. The van der Waals surface area contributed by atoms with Crippen LogP contribution in [0.1, 0.15) is 6.92 Å². The standard InChI is InChI=1S/C8H14F3NO2S/c1-5(4-15-2)12-3-6(7(13)14)8(9,10)11/h5-6,12H,3-4H2,1-2H3,(H,13,14). The van der Waals surface area contributed by atoms with Crippen molar-refractivity contribution in [1.29, 1.82) is 0 Å². The minimum Gasteiger partial charge on any atom is -0.481 e. The van der Waals surface area contributed by atoms with Gasteiger partial charge in [-0.2, -0.15) is 24.9 Å². The number of rotatable bonds is 6. The first kappa shape index (κ1) is 14.6. The molecule has 0 rings (SSSR count). The average molecular weight is 245 g/mol. The molecular formula is C8H14F3NO2S. The monoisotopic (exact) mass is 245 g/mol. The van der Waals surface area contributed by atoms with Gasteiger partial charge in [0.05, 0.1) is 0 Å². The molecule has 2 N–H and O–H groups in total. The highest BCUT2D eigenvalue weighted by molar-refractivity contribution is 7.98. The number of carboxylic acids is 1. The molecule has 90 valence electrons. The summed E-state index contributed by atoms with van der Waals surface area (Å²) in [6.07, 6.45) is -2.87. The summed E-state index contributed by atoms with van der Waals surface area (Å²) in [4.78, 5) is 10.4. The molecule has 0 amide bonds. The van der Waals surface area contributed by atoms with Crippen LogP contribution in [-0.4, -0.2) is 41.8 Å². The number of hydrogen-bond acceptors (Lipinski definition) is 3. The first-order valence-corrected chi connectivity index (χ1v) is 5.70. The summed E-state index contributed by atoms with van der Waals surface area (Å²) in [5.41, 5.74) is 0. The lowest BCUT2D eigenvalue weighted by atomic mass is 10.1. The first-order chi connectivity index (χ1) is 6.79. The van der Waals surface area contributed by atoms with Gasteiger partial charge in [-0.3, -0.25) is 4.79 Å². The number of carbonyl (C=O) groups is 1. The van der Waals surface area contributed by atoms with E-state index in [1.807, 2.05) is 6.26 Å². The van der Waals surface area contributed by atoms with Crippen molar-refractivity contribution >= 4 is 17.7 Å². The van der Waals surface area contributed by atoms with E-state index >= 15 is 0 Å². The number of thioether (sulfide) groups is 1. The second kappa shape index (κ2) is 6.22. The molecule has 0 aromatic rings. The largest absolute Gasteiger partial charge is 0.481 e. The third-order valence-corrected chi connectivity index (χ3v) is 2.61. The lowest BCUT2D eigenvalue weighted by Gasteiger charge is -2.19. The molecule has 7 heteroatoms. The number of aliphatic carboxylic acids is 1. The molecule has 0 saturated carbocycles. The van der Waals surface area contributed by atoms with Gasteiger partial charge < -0.3 is 10.4 Å². The Balaban J connectivity index is 4.15. The smallest absolute Gasteiger partial charge is 0.403 e. The number of halogens is 3. The van der Waals surface area contributed by atoms with Crippen molar-refractivity contribution in [3.63, 3.8) is 0 Å². The molecule has 0 aliphatic heterocycles. The van der Waals surface area contributed by atoms with E-state index in [1.54, 1.807) is 6.92 Å². The molecule has 0 aromatic heterocycles. The van der Waals surface area contributed by atoms with E-state index in [0.29, 0.717) is 5.75 Å². The molecule has 0 aliphatic rings. The molecule has 0 radical (unpaired) electrons. The zero-order valence-corrected chi connectivity index (χ0v) is 9.28. The van der Waals surface area contributed by atoms with Crippen molar-refractivity contribution in [2.75, 3.05) is 18.6 Å².